The molecule has 0 radical (unpaired) electrons. The van der Waals surface area contributed by atoms with Gasteiger partial charge in [0.25, 0.3) is 5.60 Å². The fraction of sp³-hybridized carbons (Fsp3) is 0.333. The molecule has 2 heterocycles. The molecule has 38 heavy (non-hydrogen) atoms. The maximum atomic E-state index is 13.1. The lowest BCUT2D eigenvalue weighted by atomic mass is 9.90. The van der Waals surface area contributed by atoms with Crippen LogP contribution >= 0.6 is 0 Å². The maximum absolute atomic E-state index is 13.1. The zero-order valence-corrected chi connectivity index (χ0v) is 20.1. The van der Waals surface area contributed by atoms with E-state index in [1.54, 1.807) is 30.6 Å². The standard InChI is InChI=1S/C27H24F6N4O/c28-26(29,30)25(38,27(31,32)33)24-5-3-20(4-6-24)21-1-2-22(23(15-21)16-34)18-37-13-11-36(12-14-37)17-19-7-9-35-10-8-19/h1-10,15,38H,11-14,17-18H2. The molecular weight excluding hydrogens is 510 g/mol. The number of piperazine rings is 1. The van der Waals surface area contributed by atoms with Crippen LogP contribution < -0.4 is 0 Å². The number of nitrogens with zero attached hydrogens (tertiary/aromatic N) is 4. The molecule has 1 aromatic heterocycles. The van der Waals surface area contributed by atoms with E-state index in [9.17, 15) is 36.7 Å². The molecule has 0 spiro atoms. The Morgan fingerprint density at radius 2 is 1.29 bits per heavy atom. The Hall–Kier alpha value is -3.46. The van der Waals surface area contributed by atoms with Crippen LogP contribution in [0.15, 0.2) is 67.0 Å². The molecule has 1 aliphatic heterocycles. The van der Waals surface area contributed by atoms with Gasteiger partial charge in [0.1, 0.15) is 0 Å². The first kappa shape index (κ1) is 27.6. The van der Waals surface area contributed by atoms with Crippen molar-refractivity contribution in [3.8, 4) is 17.2 Å². The highest BCUT2D eigenvalue weighted by atomic mass is 19.4. The van der Waals surface area contributed by atoms with Gasteiger partial charge < -0.3 is 5.11 Å². The molecule has 1 aliphatic rings. The summed E-state index contributed by atoms with van der Waals surface area (Å²) in [7, 11) is 0. The number of aliphatic hydroxyl groups is 1. The molecule has 11 heteroatoms. The van der Waals surface area contributed by atoms with Gasteiger partial charge in [-0.1, -0.05) is 36.4 Å². The largest absolute Gasteiger partial charge is 0.430 e. The molecule has 0 bridgehead atoms. The van der Waals surface area contributed by atoms with Crippen LogP contribution in [0.4, 0.5) is 26.3 Å². The lowest BCUT2D eigenvalue weighted by molar-refractivity contribution is -0.376. The predicted molar refractivity (Wildman–Crippen MR) is 127 cm³/mol. The summed E-state index contributed by atoms with van der Waals surface area (Å²) >= 11 is 0. The zero-order chi connectivity index (χ0) is 27.6. The van der Waals surface area contributed by atoms with Gasteiger partial charge in [-0.15, -0.1) is 0 Å². The summed E-state index contributed by atoms with van der Waals surface area (Å²) in [5.74, 6) is 0. The summed E-state index contributed by atoms with van der Waals surface area (Å²) < 4.78 is 78.9. The lowest BCUT2D eigenvalue weighted by Gasteiger charge is -2.34. The number of pyridine rings is 1. The third-order valence-electron chi connectivity index (χ3n) is 6.70. The molecule has 5 nitrogen and oxygen atoms in total. The molecular formula is C27H24F6N4O. The van der Waals surface area contributed by atoms with Gasteiger partial charge in [-0.25, -0.2) is 0 Å². The van der Waals surface area contributed by atoms with Gasteiger partial charge in [-0.3, -0.25) is 14.8 Å². The Morgan fingerprint density at radius 1 is 0.763 bits per heavy atom. The second-order valence-electron chi connectivity index (χ2n) is 9.17. The van der Waals surface area contributed by atoms with Gasteiger partial charge in [-0.05, 0) is 40.5 Å². The SMILES string of the molecule is N#Cc1cc(-c2ccc(C(O)(C(F)(F)F)C(F)(F)F)cc2)ccc1CN1CCN(Cc2ccncc2)CC1. The minimum Gasteiger partial charge on any atom is -0.369 e. The molecule has 3 aromatic rings. The first-order chi connectivity index (χ1) is 17.9. The van der Waals surface area contributed by atoms with Crippen molar-refractivity contribution in [3.63, 3.8) is 0 Å². The van der Waals surface area contributed by atoms with Crippen molar-refractivity contribution in [1.82, 2.24) is 14.8 Å². The topological polar surface area (TPSA) is 63.4 Å². The first-order valence-electron chi connectivity index (χ1n) is 11.8. The van der Waals surface area contributed by atoms with E-state index in [0.717, 1.165) is 50.4 Å². The third-order valence-corrected chi connectivity index (χ3v) is 6.70. The molecule has 0 aliphatic carbocycles. The van der Waals surface area contributed by atoms with Crippen molar-refractivity contribution in [2.24, 2.45) is 0 Å². The van der Waals surface area contributed by atoms with E-state index >= 15 is 0 Å². The molecule has 1 N–H and O–H groups in total. The molecule has 0 unspecified atom stereocenters. The summed E-state index contributed by atoms with van der Waals surface area (Å²) in [5, 5.41) is 19.3. The van der Waals surface area contributed by atoms with E-state index in [-0.39, 0.29) is 0 Å². The summed E-state index contributed by atoms with van der Waals surface area (Å²) in [6.45, 7) is 4.70. The number of rotatable bonds is 6. The zero-order valence-electron chi connectivity index (χ0n) is 20.1. The fourth-order valence-corrected chi connectivity index (χ4v) is 4.48. The minimum atomic E-state index is -5.95. The van der Waals surface area contributed by atoms with E-state index < -0.39 is 23.5 Å². The summed E-state index contributed by atoms with van der Waals surface area (Å²) in [5.41, 5.74) is -3.21. The third kappa shape index (κ3) is 5.67. The van der Waals surface area contributed by atoms with E-state index in [1.807, 2.05) is 12.1 Å². The molecule has 4 rings (SSSR count). The highest BCUT2D eigenvalue weighted by Crippen LogP contribution is 2.50. The smallest absolute Gasteiger partial charge is 0.369 e. The number of halogens is 6. The fourth-order valence-electron chi connectivity index (χ4n) is 4.48. The van der Waals surface area contributed by atoms with E-state index in [0.29, 0.717) is 35.4 Å². The lowest BCUT2D eigenvalue weighted by Crippen LogP contribution is -2.53. The van der Waals surface area contributed by atoms with Crippen LogP contribution in [-0.2, 0) is 18.7 Å². The highest BCUT2D eigenvalue weighted by Gasteiger charge is 2.71. The Labute approximate surface area is 215 Å². The summed E-state index contributed by atoms with van der Waals surface area (Å²) in [6, 6.07) is 14.4. The number of benzene rings is 2. The monoisotopic (exact) mass is 534 g/mol. The molecule has 0 amide bonds. The van der Waals surface area contributed by atoms with Crippen molar-refractivity contribution in [2.75, 3.05) is 26.2 Å². The first-order valence-corrected chi connectivity index (χ1v) is 11.8. The van der Waals surface area contributed by atoms with Crippen LogP contribution in [0, 0.1) is 11.3 Å². The number of hydrogen-bond donors (Lipinski definition) is 1. The maximum Gasteiger partial charge on any atom is 0.430 e. The average molecular weight is 535 g/mol. The van der Waals surface area contributed by atoms with E-state index in [4.69, 9.17) is 0 Å². The van der Waals surface area contributed by atoms with Crippen LogP contribution in [0.25, 0.3) is 11.1 Å². The van der Waals surface area contributed by atoms with Crippen LogP contribution in [-0.4, -0.2) is 58.4 Å². The predicted octanol–water partition coefficient (Wildman–Crippen LogP) is 5.25. The van der Waals surface area contributed by atoms with Gasteiger partial charge in [0, 0.05) is 57.2 Å². The van der Waals surface area contributed by atoms with Gasteiger partial charge in [0.15, 0.2) is 0 Å². The van der Waals surface area contributed by atoms with E-state index in [1.165, 1.54) is 5.56 Å². The van der Waals surface area contributed by atoms with Crippen molar-refractivity contribution >= 4 is 0 Å². The second kappa shape index (κ2) is 10.7. The molecule has 2 aromatic carbocycles. The van der Waals surface area contributed by atoms with Crippen LogP contribution in [0.1, 0.15) is 22.3 Å². The minimum absolute atomic E-state index is 0.313. The van der Waals surface area contributed by atoms with Crippen LogP contribution in [0.3, 0.4) is 0 Å². The summed E-state index contributed by atoms with van der Waals surface area (Å²) in [6.07, 6.45) is -8.38. The quantitative estimate of drug-likeness (QED) is 0.438. The van der Waals surface area contributed by atoms with E-state index in [2.05, 4.69) is 20.9 Å². The van der Waals surface area contributed by atoms with Crippen LogP contribution in [0.5, 0.6) is 0 Å². The van der Waals surface area contributed by atoms with Crippen molar-refractivity contribution in [2.45, 2.75) is 31.0 Å². The molecule has 0 saturated carbocycles. The molecule has 1 fully saturated rings. The Balaban J connectivity index is 1.45. The van der Waals surface area contributed by atoms with Gasteiger partial charge >= 0.3 is 12.4 Å². The van der Waals surface area contributed by atoms with Gasteiger partial charge in [0.2, 0.25) is 0 Å². The molecule has 1 saturated heterocycles. The average Bonchev–Trinajstić information content (AvgIpc) is 2.89. The van der Waals surface area contributed by atoms with Crippen molar-refractivity contribution in [3.05, 3.63) is 89.2 Å². The van der Waals surface area contributed by atoms with Crippen molar-refractivity contribution in [1.29, 1.82) is 5.26 Å². The Kier molecular flexibility index (Phi) is 7.78. The number of alkyl halides is 6. The highest BCUT2D eigenvalue weighted by molar-refractivity contribution is 5.66. The molecule has 200 valence electrons. The summed E-state index contributed by atoms with van der Waals surface area (Å²) in [4.78, 5) is 8.59. The number of hydrogen-bond acceptors (Lipinski definition) is 5. The van der Waals surface area contributed by atoms with Crippen LogP contribution in [0.2, 0.25) is 0 Å². The van der Waals surface area contributed by atoms with Gasteiger partial charge in [-0.2, -0.15) is 31.6 Å². The number of aromatic nitrogens is 1. The van der Waals surface area contributed by atoms with Crippen molar-refractivity contribution < 1.29 is 31.4 Å². The Morgan fingerprint density at radius 3 is 1.82 bits per heavy atom. The molecule has 0 atom stereocenters. The second-order valence-corrected chi connectivity index (χ2v) is 9.17. The van der Waals surface area contributed by atoms with Gasteiger partial charge in [0.05, 0.1) is 11.6 Å². The Bertz CT molecular complexity index is 1260. The number of nitriles is 1. The normalized spacial score (nSPS) is 15.8.